The number of nitrogens with zero attached hydrogens (tertiary/aromatic N) is 3. The third-order valence-electron chi connectivity index (χ3n) is 9.38. The van der Waals surface area contributed by atoms with Crippen LogP contribution in [-0.2, 0) is 20.1 Å². The van der Waals surface area contributed by atoms with E-state index in [0.29, 0.717) is 0 Å². The zero-order valence-electron chi connectivity index (χ0n) is 31.9. The Labute approximate surface area is 336 Å². The molecule has 0 amide bonds. The molecule has 3 nitrogen and oxygen atoms in total. The van der Waals surface area contributed by atoms with Gasteiger partial charge < -0.3 is 9.55 Å². The molecule has 3 heterocycles. The van der Waals surface area contributed by atoms with Crippen molar-refractivity contribution in [3.8, 4) is 50.6 Å². The van der Waals surface area contributed by atoms with Crippen molar-refractivity contribution in [2.45, 2.75) is 6.85 Å². The number of aryl methyl sites for hydroxylation is 1. The van der Waals surface area contributed by atoms with E-state index >= 15 is 0 Å². The van der Waals surface area contributed by atoms with Gasteiger partial charge in [-0.25, -0.2) is 0 Å². The molecule has 7 aromatic carbocycles. The normalized spacial score (nSPS) is 12.0. The molecule has 10 rings (SSSR count). The second kappa shape index (κ2) is 15.6. The van der Waals surface area contributed by atoms with E-state index in [1.54, 1.807) is 29.5 Å². The monoisotopic (exact) mass is 891 g/mol. The number of pyridine rings is 1. The summed E-state index contributed by atoms with van der Waals surface area (Å²) >= 11 is 1.65. The Morgan fingerprint density at radius 3 is 2.22 bits per heavy atom. The van der Waals surface area contributed by atoms with Crippen molar-refractivity contribution in [2.24, 2.45) is 0 Å². The molecular weight excluding hydrogens is 855 g/mol. The van der Waals surface area contributed by atoms with Crippen LogP contribution in [-0.4, -0.2) is 14.5 Å². The first-order valence-corrected chi connectivity index (χ1v) is 18.2. The van der Waals surface area contributed by atoms with E-state index in [9.17, 15) is 0 Å². The van der Waals surface area contributed by atoms with Crippen molar-refractivity contribution in [3.05, 3.63) is 199 Å². The second-order valence-electron chi connectivity index (χ2n) is 12.7. The van der Waals surface area contributed by atoms with Crippen LogP contribution in [0, 0.1) is 18.3 Å². The standard InChI is InChI=1S/C37H23N2S.C12H10N.Ir/c1-2-9-25(10-3-1)26-17-20-29(21-18-26)39-35-16-7-6-15-34(35)38-37(39)33-24-40-36-22-19-28(23-32(33)36)31-14-8-12-27-11-4-5-13-30(27)31;1-10-7-8-12(13-9-10)11-5-3-2-4-6-11;/h1-23H;2-5,7-9H,1H3;/q2*-1;/i;1D3;. The van der Waals surface area contributed by atoms with Gasteiger partial charge in [-0.1, -0.05) is 143 Å². The summed E-state index contributed by atoms with van der Waals surface area (Å²) in [5.41, 5.74) is 10.9. The van der Waals surface area contributed by atoms with Gasteiger partial charge in [0.15, 0.2) is 0 Å². The number of aromatic nitrogens is 3. The van der Waals surface area contributed by atoms with Crippen LogP contribution in [0.15, 0.2) is 182 Å². The van der Waals surface area contributed by atoms with E-state index < -0.39 is 6.85 Å². The summed E-state index contributed by atoms with van der Waals surface area (Å²) in [6.07, 6.45) is 1.39. The Morgan fingerprint density at radius 2 is 1.41 bits per heavy atom. The number of fused-ring (bicyclic) bond motifs is 3. The van der Waals surface area contributed by atoms with Crippen molar-refractivity contribution in [1.82, 2.24) is 14.5 Å². The molecule has 0 bridgehead atoms. The van der Waals surface area contributed by atoms with E-state index in [1.807, 2.05) is 18.2 Å². The van der Waals surface area contributed by atoms with E-state index in [4.69, 9.17) is 9.10 Å². The molecule has 10 aromatic rings. The van der Waals surface area contributed by atoms with Gasteiger partial charge in [0.05, 0.1) is 16.9 Å². The minimum atomic E-state index is -2.09. The van der Waals surface area contributed by atoms with Crippen LogP contribution in [0.4, 0.5) is 0 Å². The largest absolute Gasteiger partial charge is 0.333 e. The molecule has 0 atom stereocenters. The van der Waals surface area contributed by atoms with Crippen LogP contribution in [0.5, 0.6) is 0 Å². The Morgan fingerprint density at radius 1 is 0.648 bits per heavy atom. The topological polar surface area (TPSA) is 30.7 Å². The minimum Gasteiger partial charge on any atom is -0.333 e. The van der Waals surface area contributed by atoms with Crippen molar-refractivity contribution < 1.29 is 24.2 Å². The fraction of sp³-hybridized carbons (Fsp3) is 0.0204. The quantitative estimate of drug-likeness (QED) is 0.161. The third kappa shape index (κ3) is 6.93. The molecule has 0 saturated heterocycles. The molecule has 0 aliphatic rings. The molecule has 5 heteroatoms. The van der Waals surface area contributed by atoms with Gasteiger partial charge in [-0.2, -0.15) is 0 Å². The maximum Gasteiger partial charge on any atom is 0.0774 e. The fourth-order valence-corrected chi connectivity index (χ4v) is 7.60. The Balaban J connectivity index is 0.000000226. The third-order valence-corrected chi connectivity index (χ3v) is 10.3. The SMILES string of the molecule is [2H]C([2H])([2H])c1ccc(-c2[c-]cccc2)nc1.[Ir].[c-]1sc2ccc(-c3cccc4ccccc34)cc2c1-c1nc2ccccc2n1-c1ccc(-c2ccccc2)cc1. The molecule has 0 spiro atoms. The summed E-state index contributed by atoms with van der Waals surface area (Å²) < 4.78 is 25.2. The average Bonchev–Trinajstić information content (AvgIpc) is 3.85. The molecule has 0 aliphatic heterocycles. The summed E-state index contributed by atoms with van der Waals surface area (Å²) in [5.74, 6) is 0.912. The van der Waals surface area contributed by atoms with Crippen molar-refractivity contribution in [1.29, 1.82) is 0 Å². The average molecular weight is 891 g/mol. The van der Waals surface area contributed by atoms with Gasteiger partial charge in [0, 0.05) is 36.1 Å². The minimum absolute atomic E-state index is 0. The summed E-state index contributed by atoms with van der Waals surface area (Å²) in [6, 6.07) is 63.3. The molecule has 0 aliphatic carbocycles. The summed E-state index contributed by atoms with van der Waals surface area (Å²) in [4.78, 5) is 9.28. The van der Waals surface area contributed by atoms with Gasteiger partial charge in [-0.15, -0.1) is 41.3 Å². The summed E-state index contributed by atoms with van der Waals surface area (Å²) in [6.45, 7) is -2.09. The predicted octanol–water partition coefficient (Wildman–Crippen LogP) is 13.0. The number of benzene rings is 7. The van der Waals surface area contributed by atoms with E-state index in [0.717, 1.165) is 39.4 Å². The van der Waals surface area contributed by atoms with Gasteiger partial charge in [0.25, 0.3) is 0 Å². The molecule has 0 unspecified atom stereocenters. The molecule has 54 heavy (non-hydrogen) atoms. The van der Waals surface area contributed by atoms with E-state index in [1.165, 1.54) is 49.3 Å². The number of rotatable bonds is 5. The van der Waals surface area contributed by atoms with Gasteiger partial charge in [0.1, 0.15) is 0 Å². The first-order valence-electron chi connectivity index (χ1n) is 18.9. The second-order valence-corrected chi connectivity index (χ2v) is 13.5. The Kier molecular flexibility index (Phi) is 9.09. The molecular formula is C49H33IrN3S-2. The summed E-state index contributed by atoms with van der Waals surface area (Å²) in [7, 11) is 0. The number of thiophene rings is 1. The van der Waals surface area contributed by atoms with Gasteiger partial charge in [0.2, 0.25) is 0 Å². The van der Waals surface area contributed by atoms with Crippen LogP contribution in [0.1, 0.15) is 9.68 Å². The number of para-hydroxylation sites is 2. The molecule has 0 fully saturated rings. The van der Waals surface area contributed by atoms with Crippen molar-refractivity contribution in [3.63, 3.8) is 0 Å². The summed E-state index contributed by atoms with van der Waals surface area (Å²) in [5, 5.41) is 7.29. The first kappa shape index (κ1) is 31.5. The van der Waals surface area contributed by atoms with Crippen LogP contribution < -0.4 is 0 Å². The molecule has 261 valence electrons. The Hall–Kier alpha value is -5.97. The van der Waals surface area contributed by atoms with Crippen molar-refractivity contribution >= 4 is 43.2 Å². The zero-order valence-corrected chi connectivity index (χ0v) is 32.1. The predicted molar refractivity (Wildman–Crippen MR) is 222 cm³/mol. The van der Waals surface area contributed by atoms with Gasteiger partial charge in [-0.05, 0) is 75.4 Å². The number of hydrogen-bond acceptors (Lipinski definition) is 3. The van der Waals surface area contributed by atoms with Gasteiger partial charge in [-0.3, -0.25) is 16.3 Å². The van der Waals surface area contributed by atoms with Crippen LogP contribution in [0.3, 0.4) is 0 Å². The number of hydrogen-bond donors (Lipinski definition) is 0. The molecule has 3 aromatic heterocycles. The maximum absolute atomic E-state index is 7.23. The zero-order chi connectivity index (χ0) is 38.1. The first-order chi connectivity index (χ1) is 27.4. The van der Waals surface area contributed by atoms with E-state index in [2.05, 4.69) is 161 Å². The van der Waals surface area contributed by atoms with Crippen LogP contribution in [0.25, 0.3) is 82.5 Å². The van der Waals surface area contributed by atoms with Crippen molar-refractivity contribution in [2.75, 3.05) is 0 Å². The smallest absolute Gasteiger partial charge is 0.0774 e. The Bertz CT molecular complexity index is 2940. The molecule has 0 saturated carbocycles. The van der Waals surface area contributed by atoms with Crippen LogP contribution >= 0.6 is 11.3 Å². The fourth-order valence-electron chi connectivity index (χ4n) is 6.78. The van der Waals surface area contributed by atoms with Crippen LogP contribution in [0.2, 0.25) is 0 Å². The number of imidazole rings is 1. The maximum atomic E-state index is 7.23. The molecule has 1 radical (unpaired) electrons. The van der Waals surface area contributed by atoms with Gasteiger partial charge >= 0.3 is 0 Å². The molecule has 0 N–H and O–H groups in total. The van der Waals surface area contributed by atoms with E-state index in [-0.39, 0.29) is 25.7 Å².